The van der Waals surface area contributed by atoms with E-state index >= 15 is 0 Å². The van der Waals surface area contributed by atoms with Crippen LogP contribution in [-0.4, -0.2) is 26.5 Å². The molecule has 0 aliphatic carbocycles. The number of carbonyl (C=O) groups is 1. The first-order valence-corrected chi connectivity index (χ1v) is 8.35. The Kier molecular flexibility index (Phi) is 3.80. The standard InChI is InChI=1S/C19H18N4O2/c1-13-8-9-14-5-2-3-7-16(14)23(13)17(24)11-22-12-21-18-15(19(22)25)6-4-10-20-18/h2-7,10,12-13H,8-9,11H2,1H3. The van der Waals surface area contributed by atoms with E-state index in [0.29, 0.717) is 11.0 Å². The topological polar surface area (TPSA) is 68.1 Å². The van der Waals surface area contributed by atoms with Gasteiger partial charge in [0, 0.05) is 17.9 Å². The minimum atomic E-state index is -0.246. The molecule has 1 aromatic carbocycles. The van der Waals surface area contributed by atoms with Crippen LogP contribution in [0.5, 0.6) is 0 Å². The number of amides is 1. The molecule has 3 heterocycles. The zero-order chi connectivity index (χ0) is 17.4. The average molecular weight is 334 g/mol. The molecule has 0 saturated heterocycles. The average Bonchev–Trinajstić information content (AvgIpc) is 2.64. The van der Waals surface area contributed by atoms with Gasteiger partial charge in [0.15, 0.2) is 5.65 Å². The van der Waals surface area contributed by atoms with Gasteiger partial charge in [0.1, 0.15) is 12.9 Å². The Hall–Kier alpha value is -3.02. The number of aromatic nitrogens is 3. The van der Waals surface area contributed by atoms with Crippen LogP contribution in [0.4, 0.5) is 5.69 Å². The first-order chi connectivity index (χ1) is 12.1. The number of carbonyl (C=O) groups excluding carboxylic acids is 1. The number of aryl methyl sites for hydroxylation is 1. The third kappa shape index (κ3) is 2.69. The van der Waals surface area contributed by atoms with Crippen molar-refractivity contribution in [1.29, 1.82) is 0 Å². The van der Waals surface area contributed by atoms with Gasteiger partial charge in [-0.25, -0.2) is 9.97 Å². The first-order valence-electron chi connectivity index (χ1n) is 8.35. The number of anilines is 1. The minimum absolute atomic E-state index is 0.0324. The van der Waals surface area contributed by atoms with Crippen LogP contribution in [0.3, 0.4) is 0 Å². The number of hydrogen-bond donors (Lipinski definition) is 0. The van der Waals surface area contributed by atoms with Gasteiger partial charge < -0.3 is 4.90 Å². The molecule has 2 aromatic heterocycles. The van der Waals surface area contributed by atoms with Crippen molar-refractivity contribution in [2.45, 2.75) is 32.4 Å². The zero-order valence-electron chi connectivity index (χ0n) is 13.9. The summed E-state index contributed by atoms with van der Waals surface area (Å²) >= 11 is 0. The highest BCUT2D eigenvalue weighted by atomic mass is 16.2. The molecule has 0 N–H and O–H groups in total. The van der Waals surface area contributed by atoms with Gasteiger partial charge in [0.05, 0.1) is 5.39 Å². The Labute approximate surface area is 144 Å². The van der Waals surface area contributed by atoms with Gasteiger partial charge in [-0.2, -0.15) is 0 Å². The number of fused-ring (bicyclic) bond motifs is 2. The second-order valence-electron chi connectivity index (χ2n) is 6.33. The van der Waals surface area contributed by atoms with E-state index in [-0.39, 0.29) is 24.1 Å². The molecule has 0 fully saturated rings. The van der Waals surface area contributed by atoms with Gasteiger partial charge in [0.2, 0.25) is 5.91 Å². The molecule has 25 heavy (non-hydrogen) atoms. The van der Waals surface area contributed by atoms with Crippen LogP contribution < -0.4 is 10.5 Å². The van der Waals surface area contributed by atoms with E-state index in [4.69, 9.17) is 0 Å². The highest BCUT2D eigenvalue weighted by Crippen LogP contribution is 2.30. The second kappa shape index (κ2) is 6.12. The molecular formula is C19H18N4O2. The number of nitrogens with zero attached hydrogens (tertiary/aromatic N) is 4. The van der Waals surface area contributed by atoms with Crippen molar-refractivity contribution >= 4 is 22.6 Å². The molecule has 3 aromatic rings. The fourth-order valence-corrected chi connectivity index (χ4v) is 3.40. The third-order valence-electron chi connectivity index (χ3n) is 4.70. The summed E-state index contributed by atoms with van der Waals surface area (Å²) in [4.78, 5) is 35.6. The van der Waals surface area contributed by atoms with Gasteiger partial charge in [-0.05, 0) is 43.5 Å². The number of pyridine rings is 1. The van der Waals surface area contributed by atoms with Gasteiger partial charge >= 0.3 is 0 Å². The summed E-state index contributed by atoms with van der Waals surface area (Å²) in [6.07, 6.45) is 4.87. The SMILES string of the molecule is CC1CCc2ccccc2N1C(=O)Cn1cnc2ncccc2c1=O. The highest BCUT2D eigenvalue weighted by molar-refractivity contribution is 5.95. The normalized spacial score (nSPS) is 16.7. The molecule has 1 aliphatic heterocycles. The van der Waals surface area contributed by atoms with Crippen molar-refractivity contribution in [2.75, 3.05) is 4.90 Å². The summed E-state index contributed by atoms with van der Waals surface area (Å²) in [6, 6.07) is 11.4. The van der Waals surface area contributed by atoms with Crippen LogP contribution in [0, 0.1) is 0 Å². The molecule has 0 bridgehead atoms. The van der Waals surface area contributed by atoms with E-state index in [1.807, 2.05) is 25.1 Å². The van der Waals surface area contributed by atoms with Crippen LogP contribution in [0.2, 0.25) is 0 Å². The summed E-state index contributed by atoms with van der Waals surface area (Å²) < 4.78 is 1.36. The Bertz CT molecular complexity index is 1010. The monoisotopic (exact) mass is 334 g/mol. The Morgan fingerprint density at radius 3 is 2.92 bits per heavy atom. The van der Waals surface area contributed by atoms with Gasteiger partial charge in [-0.1, -0.05) is 18.2 Å². The summed E-state index contributed by atoms with van der Waals surface area (Å²) in [5.41, 5.74) is 2.26. The summed E-state index contributed by atoms with van der Waals surface area (Å²) in [6.45, 7) is 2.01. The number of benzene rings is 1. The van der Waals surface area contributed by atoms with Gasteiger partial charge in [-0.15, -0.1) is 0 Å². The van der Waals surface area contributed by atoms with Crippen molar-refractivity contribution in [3.63, 3.8) is 0 Å². The van der Waals surface area contributed by atoms with E-state index < -0.39 is 0 Å². The zero-order valence-corrected chi connectivity index (χ0v) is 13.9. The minimum Gasteiger partial charge on any atom is -0.308 e. The van der Waals surface area contributed by atoms with Crippen molar-refractivity contribution in [3.8, 4) is 0 Å². The number of hydrogen-bond acceptors (Lipinski definition) is 4. The summed E-state index contributed by atoms with van der Waals surface area (Å²) in [5, 5.41) is 0.421. The highest BCUT2D eigenvalue weighted by Gasteiger charge is 2.28. The van der Waals surface area contributed by atoms with Gasteiger partial charge in [-0.3, -0.25) is 14.2 Å². The maximum absolute atomic E-state index is 13.0. The Morgan fingerprint density at radius 1 is 1.20 bits per heavy atom. The van der Waals surface area contributed by atoms with Crippen molar-refractivity contribution in [2.24, 2.45) is 0 Å². The van der Waals surface area contributed by atoms with Crippen LogP contribution >= 0.6 is 0 Å². The summed E-state index contributed by atoms with van der Waals surface area (Å²) in [5.74, 6) is -0.105. The lowest BCUT2D eigenvalue weighted by molar-refractivity contribution is -0.119. The van der Waals surface area contributed by atoms with E-state index in [1.54, 1.807) is 23.2 Å². The molecular weight excluding hydrogens is 316 g/mol. The van der Waals surface area contributed by atoms with E-state index in [0.717, 1.165) is 18.5 Å². The molecule has 126 valence electrons. The summed E-state index contributed by atoms with van der Waals surface area (Å²) in [7, 11) is 0. The van der Waals surface area contributed by atoms with Crippen LogP contribution in [0.1, 0.15) is 18.9 Å². The largest absolute Gasteiger partial charge is 0.308 e. The lowest BCUT2D eigenvalue weighted by Gasteiger charge is -2.35. The van der Waals surface area contributed by atoms with Crippen molar-refractivity contribution in [1.82, 2.24) is 14.5 Å². The molecule has 6 heteroatoms. The predicted octanol–water partition coefficient (Wildman–Crippen LogP) is 2.16. The fourth-order valence-electron chi connectivity index (χ4n) is 3.40. The first kappa shape index (κ1) is 15.5. The number of rotatable bonds is 2. The smallest absolute Gasteiger partial charge is 0.263 e. The Balaban J connectivity index is 1.69. The number of para-hydroxylation sites is 1. The van der Waals surface area contributed by atoms with Crippen molar-refractivity contribution < 1.29 is 4.79 Å². The van der Waals surface area contributed by atoms with Crippen molar-refractivity contribution in [3.05, 3.63) is 64.8 Å². The molecule has 1 atom stereocenters. The van der Waals surface area contributed by atoms with E-state index in [2.05, 4.69) is 16.0 Å². The van der Waals surface area contributed by atoms with Gasteiger partial charge in [0.25, 0.3) is 5.56 Å². The molecule has 1 amide bonds. The second-order valence-corrected chi connectivity index (χ2v) is 6.33. The molecule has 1 aliphatic rings. The van der Waals surface area contributed by atoms with Crippen LogP contribution in [0.15, 0.2) is 53.7 Å². The quantitative estimate of drug-likeness (QED) is 0.720. The molecule has 0 saturated carbocycles. The molecule has 6 nitrogen and oxygen atoms in total. The fraction of sp³-hybridized carbons (Fsp3) is 0.263. The molecule has 0 spiro atoms. The van der Waals surface area contributed by atoms with Crippen LogP contribution in [0.25, 0.3) is 11.0 Å². The van der Waals surface area contributed by atoms with E-state index in [9.17, 15) is 9.59 Å². The Morgan fingerprint density at radius 2 is 2.04 bits per heavy atom. The lowest BCUT2D eigenvalue weighted by Crippen LogP contribution is -2.44. The molecule has 0 radical (unpaired) electrons. The molecule has 4 rings (SSSR count). The third-order valence-corrected chi connectivity index (χ3v) is 4.70. The van der Waals surface area contributed by atoms with Crippen LogP contribution in [-0.2, 0) is 17.8 Å². The molecule has 1 unspecified atom stereocenters. The lowest BCUT2D eigenvalue weighted by atomic mass is 9.96. The maximum Gasteiger partial charge on any atom is 0.263 e. The van der Waals surface area contributed by atoms with E-state index in [1.165, 1.54) is 16.5 Å². The predicted molar refractivity (Wildman–Crippen MR) is 95.5 cm³/mol. The maximum atomic E-state index is 13.0.